The molecule has 0 saturated heterocycles. The van der Waals surface area contributed by atoms with Crippen LogP contribution >= 0.6 is 0 Å². The fraction of sp³-hybridized carbons (Fsp3) is 0.533. The van der Waals surface area contributed by atoms with Gasteiger partial charge in [0.1, 0.15) is 0 Å². The average molecular weight is 249 g/mol. The zero-order valence-electron chi connectivity index (χ0n) is 11.7. The normalized spacial score (nSPS) is 12.0. The second-order valence-corrected chi connectivity index (χ2v) is 4.71. The Bertz CT molecular complexity index is 401. The molecular formula is C15H23NO2. The van der Waals surface area contributed by atoms with Crippen LogP contribution < -0.4 is 5.32 Å². The molecule has 1 atom stereocenters. The van der Waals surface area contributed by atoms with E-state index in [9.17, 15) is 4.79 Å². The van der Waals surface area contributed by atoms with Crippen LogP contribution in [0, 0.1) is 6.92 Å². The quantitative estimate of drug-likeness (QED) is 0.780. The first-order valence-electron chi connectivity index (χ1n) is 6.54. The van der Waals surface area contributed by atoms with E-state index < -0.39 is 0 Å². The summed E-state index contributed by atoms with van der Waals surface area (Å²) in [6.45, 7) is 6.39. The van der Waals surface area contributed by atoms with Crippen molar-refractivity contribution in [2.24, 2.45) is 0 Å². The van der Waals surface area contributed by atoms with Gasteiger partial charge < -0.3 is 10.1 Å². The molecule has 3 nitrogen and oxygen atoms in total. The van der Waals surface area contributed by atoms with Gasteiger partial charge in [-0.15, -0.1) is 0 Å². The highest BCUT2D eigenvalue weighted by molar-refractivity contribution is 5.90. The Kier molecular flexibility index (Phi) is 5.69. The van der Waals surface area contributed by atoms with Crippen LogP contribution in [0.1, 0.15) is 49.0 Å². The lowest BCUT2D eigenvalue weighted by Gasteiger charge is -2.17. The highest BCUT2D eigenvalue weighted by Gasteiger charge is 2.09. The molecule has 0 bridgehead atoms. The number of unbranched alkanes of at least 4 members (excludes halogenated alkanes) is 1. The topological polar surface area (TPSA) is 38.3 Å². The molecular weight excluding hydrogens is 226 g/mol. The SMILES string of the molecule is CCCCC(C)Nc1cc(C(=O)OC)ccc1C. The van der Waals surface area contributed by atoms with E-state index in [0.29, 0.717) is 11.6 Å². The minimum absolute atomic E-state index is 0.292. The number of aryl methyl sites for hydroxylation is 1. The van der Waals surface area contributed by atoms with Crippen LogP contribution in [0.4, 0.5) is 5.69 Å². The molecule has 0 spiro atoms. The number of methoxy groups -OCH3 is 1. The summed E-state index contributed by atoms with van der Waals surface area (Å²) in [6.07, 6.45) is 3.55. The Hall–Kier alpha value is -1.51. The zero-order chi connectivity index (χ0) is 13.5. The number of rotatable bonds is 6. The van der Waals surface area contributed by atoms with E-state index in [2.05, 4.69) is 19.2 Å². The van der Waals surface area contributed by atoms with Crippen LogP contribution in [-0.2, 0) is 4.74 Å². The molecule has 1 unspecified atom stereocenters. The van der Waals surface area contributed by atoms with Gasteiger partial charge in [-0.25, -0.2) is 4.79 Å². The number of benzene rings is 1. The molecule has 18 heavy (non-hydrogen) atoms. The van der Waals surface area contributed by atoms with Gasteiger partial charge >= 0.3 is 5.97 Å². The fourth-order valence-electron chi connectivity index (χ4n) is 1.87. The maximum absolute atomic E-state index is 11.5. The number of carbonyl (C=O) groups is 1. The molecule has 0 aromatic heterocycles. The molecule has 0 heterocycles. The van der Waals surface area contributed by atoms with E-state index in [-0.39, 0.29) is 5.97 Å². The number of anilines is 1. The van der Waals surface area contributed by atoms with E-state index in [1.165, 1.54) is 20.0 Å². The van der Waals surface area contributed by atoms with Crippen molar-refractivity contribution in [1.82, 2.24) is 0 Å². The number of carbonyl (C=O) groups excluding carboxylic acids is 1. The van der Waals surface area contributed by atoms with Crippen molar-refractivity contribution < 1.29 is 9.53 Å². The van der Waals surface area contributed by atoms with Gasteiger partial charge in [0.15, 0.2) is 0 Å². The first-order valence-corrected chi connectivity index (χ1v) is 6.54. The Morgan fingerprint density at radius 3 is 2.78 bits per heavy atom. The molecule has 3 heteroatoms. The number of nitrogens with one attached hydrogen (secondary N) is 1. The second-order valence-electron chi connectivity index (χ2n) is 4.71. The van der Waals surface area contributed by atoms with Gasteiger partial charge in [-0.2, -0.15) is 0 Å². The van der Waals surface area contributed by atoms with E-state index in [1.807, 2.05) is 19.1 Å². The number of esters is 1. The third-order valence-electron chi connectivity index (χ3n) is 3.05. The standard InChI is InChI=1S/C15H23NO2/c1-5-6-7-12(3)16-14-10-13(15(17)18-4)9-8-11(14)2/h8-10,12,16H,5-7H2,1-4H3. The third-order valence-corrected chi connectivity index (χ3v) is 3.05. The fourth-order valence-corrected chi connectivity index (χ4v) is 1.87. The first kappa shape index (κ1) is 14.6. The summed E-state index contributed by atoms with van der Waals surface area (Å²) in [5, 5.41) is 3.46. The summed E-state index contributed by atoms with van der Waals surface area (Å²) < 4.78 is 4.73. The van der Waals surface area contributed by atoms with Crippen molar-refractivity contribution in [3.05, 3.63) is 29.3 Å². The molecule has 1 aromatic rings. The van der Waals surface area contributed by atoms with Gasteiger partial charge in [-0.1, -0.05) is 25.8 Å². The molecule has 1 N–H and O–H groups in total. The summed E-state index contributed by atoms with van der Waals surface area (Å²) in [5.74, 6) is -0.292. The van der Waals surface area contributed by atoms with Gasteiger partial charge in [0.2, 0.25) is 0 Å². The highest BCUT2D eigenvalue weighted by Crippen LogP contribution is 2.19. The smallest absolute Gasteiger partial charge is 0.337 e. The lowest BCUT2D eigenvalue weighted by Crippen LogP contribution is -2.16. The van der Waals surface area contributed by atoms with E-state index in [0.717, 1.165) is 17.7 Å². The lowest BCUT2D eigenvalue weighted by atomic mass is 10.1. The number of ether oxygens (including phenoxy) is 1. The van der Waals surface area contributed by atoms with Crippen LogP contribution in [0.3, 0.4) is 0 Å². The summed E-state index contributed by atoms with van der Waals surface area (Å²) in [4.78, 5) is 11.5. The van der Waals surface area contributed by atoms with Gasteiger partial charge in [0, 0.05) is 11.7 Å². The lowest BCUT2D eigenvalue weighted by molar-refractivity contribution is 0.0601. The summed E-state index contributed by atoms with van der Waals surface area (Å²) in [6, 6.07) is 6.02. The molecule has 0 aliphatic heterocycles. The van der Waals surface area contributed by atoms with Crippen molar-refractivity contribution in [2.75, 3.05) is 12.4 Å². The van der Waals surface area contributed by atoms with Crippen LogP contribution in [0.25, 0.3) is 0 Å². The molecule has 0 aliphatic carbocycles. The second kappa shape index (κ2) is 7.04. The molecule has 0 fully saturated rings. The van der Waals surface area contributed by atoms with Crippen molar-refractivity contribution in [3.63, 3.8) is 0 Å². The predicted molar refractivity (Wildman–Crippen MR) is 75.1 cm³/mol. The first-order chi connectivity index (χ1) is 8.58. The largest absolute Gasteiger partial charge is 0.465 e. The third kappa shape index (κ3) is 4.06. The molecule has 0 amide bonds. The Labute approximate surface area is 110 Å². The van der Waals surface area contributed by atoms with Crippen molar-refractivity contribution >= 4 is 11.7 Å². The molecule has 1 aromatic carbocycles. The van der Waals surface area contributed by atoms with Crippen LogP contribution in [-0.4, -0.2) is 19.1 Å². The minimum Gasteiger partial charge on any atom is -0.465 e. The predicted octanol–water partition coefficient (Wildman–Crippen LogP) is 3.77. The number of hydrogen-bond donors (Lipinski definition) is 1. The summed E-state index contributed by atoms with van der Waals surface area (Å²) in [5.41, 5.74) is 2.75. The van der Waals surface area contributed by atoms with Crippen molar-refractivity contribution in [3.8, 4) is 0 Å². The summed E-state index contributed by atoms with van der Waals surface area (Å²) >= 11 is 0. The molecule has 0 aliphatic rings. The Balaban J connectivity index is 2.77. The maximum Gasteiger partial charge on any atom is 0.337 e. The van der Waals surface area contributed by atoms with Gasteiger partial charge in [0.25, 0.3) is 0 Å². The Morgan fingerprint density at radius 2 is 2.17 bits per heavy atom. The van der Waals surface area contributed by atoms with Crippen molar-refractivity contribution in [1.29, 1.82) is 0 Å². The van der Waals surface area contributed by atoms with Gasteiger partial charge in [-0.05, 0) is 38.0 Å². The minimum atomic E-state index is -0.292. The molecule has 0 saturated carbocycles. The monoisotopic (exact) mass is 249 g/mol. The zero-order valence-corrected chi connectivity index (χ0v) is 11.7. The van der Waals surface area contributed by atoms with Crippen LogP contribution in [0.15, 0.2) is 18.2 Å². The summed E-state index contributed by atoms with van der Waals surface area (Å²) in [7, 11) is 1.40. The maximum atomic E-state index is 11.5. The average Bonchev–Trinajstić information content (AvgIpc) is 2.38. The number of hydrogen-bond acceptors (Lipinski definition) is 3. The van der Waals surface area contributed by atoms with Crippen LogP contribution in [0.5, 0.6) is 0 Å². The van der Waals surface area contributed by atoms with Crippen molar-refractivity contribution in [2.45, 2.75) is 46.1 Å². The molecule has 0 radical (unpaired) electrons. The van der Waals surface area contributed by atoms with E-state index in [4.69, 9.17) is 4.74 Å². The van der Waals surface area contributed by atoms with Gasteiger partial charge in [0.05, 0.1) is 12.7 Å². The molecule has 100 valence electrons. The Morgan fingerprint density at radius 1 is 1.44 bits per heavy atom. The van der Waals surface area contributed by atoms with Crippen LogP contribution in [0.2, 0.25) is 0 Å². The van der Waals surface area contributed by atoms with E-state index in [1.54, 1.807) is 6.07 Å². The van der Waals surface area contributed by atoms with Gasteiger partial charge in [-0.3, -0.25) is 0 Å². The van der Waals surface area contributed by atoms with E-state index >= 15 is 0 Å². The highest BCUT2D eigenvalue weighted by atomic mass is 16.5. The molecule has 1 rings (SSSR count).